The van der Waals surface area contributed by atoms with Crippen molar-refractivity contribution < 1.29 is 4.79 Å². The van der Waals surface area contributed by atoms with Crippen LogP contribution in [-0.4, -0.2) is 36.9 Å². The lowest BCUT2D eigenvalue weighted by Crippen LogP contribution is -2.15. The fraction of sp³-hybridized carbons (Fsp3) is 0.0556. The van der Waals surface area contributed by atoms with Crippen LogP contribution in [0.25, 0.3) is 16.6 Å². The van der Waals surface area contributed by atoms with Crippen LogP contribution in [0.5, 0.6) is 0 Å². The molecule has 0 aliphatic carbocycles. The van der Waals surface area contributed by atoms with Crippen LogP contribution in [0.15, 0.2) is 66.0 Å². The summed E-state index contributed by atoms with van der Waals surface area (Å²) < 4.78 is 1.55. The number of carbonyl (C=O) groups excluding carboxylic acids is 1. The minimum absolute atomic E-state index is 0.156. The first kappa shape index (κ1) is 17.4. The molecule has 1 N–H and O–H groups in total. The van der Waals surface area contributed by atoms with E-state index in [2.05, 4.69) is 25.8 Å². The van der Waals surface area contributed by atoms with Gasteiger partial charge < -0.3 is 5.32 Å². The van der Waals surface area contributed by atoms with Crippen LogP contribution in [0.4, 0.5) is 5.69 Å². The van der Waals surface area contributed by atoms with Crippen molar-refractivity contribution in [1.29, 1.82) is 0 Å². The van der Waals surface area contributed by atoms with Gasteiger partial charge in [-0.2, -0.15) is 4.68 Å². The first-order chi connectivity index (χ1) is 13.2. The van der Waals surface area contributed by atoms with Gasteiger partial charge in [0.25, 0.3) is 0 Å². The fourth-order valence-electron chi connectivity index (χ4n) is 2.57. The summed E-state index contributed by atoms with van der Waals surface area (Å²) in [5, 5.41) is 16.5. The molecule has 0 atom stereocenters. The van der Waals surface area contributed by atoms with Crippen molar-refractivity contribution >= 4 is 45.9 Å². The molecule has 0 saturated heterocycles. The zero-order valence-electron chi connectivity index (χ0n) is 13.9. The third-order valence-corrected chi connectivity index (χ3v) is 4.90. The first-order valence-corrected chi connectivity index (χ1v) is 9.38. The maximum atomic E-state index is 12.4. The van der Waals surface area contributed by atoms with E-state index in [1.165, 1.54) is 11.8 Å². The molecule has 0 unspecified atom stereocenters. The predicted octanol–water partition coefficient (Wildman–Crippen LogP) is 3.59. The number of anilines is 1. The number of rotatable bonds is 5. The topological polar surface area (TPSA) is 85.6 Å². The Balaban J connectivity index is 1.47. The Hall–Kier alpha value is -2.97. The summed E-state index contributed by atoms with van der Waals surface area (Å²) in [5.41, 5.74) is 2.28. The van der Waals surface area contributed by atoms with Gasteiger partial charge in [-0.15, -0.1) is 5.10 Å². The highest BCUT2D eigenvalue weighted by Gasteiger charge is 2.13. The summed E-state index contributed by atoms with van der Waals surface area (Å²) in [6.45, 7) is 0. The van der Waals surface area contributed by atoms with Crippen LogP contribution in [0.3, 0.4) is 0 Å². The molecule has 9 heteroatoms. The molecular weight excluding hydrogens is 384 g/mol. The molecule has 0 radical (unpaired) electrons. The second-order valence-electron chi connectivity index (χ2n) is 5.57. The Labute approximate surface area is 163 Å². The third kappa shape index (κ3) is 3.91. The van der Waals surface area contributed by atoms with Gasteiger partial charge in [-0.1, -0.05) is 35.5 Å². The maximum Gasteiger partial charge on any atom is 0.234 e. The van der Waals surface area contributed by atoms with E-state index in [1.807, 2.05) is 42.5 Å². The number of nitrogens with zero attached hydrogens (tertiary/aromatic N) is 5. The van der Waals surface area contributed by atoms with Gasteiger partial charge in [-0.3, -0.25) is 9.78 Å². The van der Waals surface area contributed by atoms with Gasteiger partial charge in [0.2, 0.25) is 11.1 Å². The number of fused-ring (bicyclic) bond motifs is 1. The monoisotopic (exact) mass is 396 g/mol. The summed E-state index contributed by atoms with van der Waals surface area (Å²) in [6, 6.07) is 16.6. The minimum Gasteiger partial charge on any atom is -0.325 e. The number of tetrazole rings is 1. The highest BCUT2D eigenvalue weighted by molar-refractivity contribution is 7.99. The molecule has 4 rings (SSSR count). The normalized spacial score (nSPS) is 10.9. The maximum absolute atomic E-state index is 12.4. The highest BCUT2D eigenvalue weighted by Crippen LogP contribution is 2.23. The van der Waals surface area contributed by atoms with Gasteiger partial charge in [0, 0.05) is 16.6 Å². The molecule has 0 saturated carbocycles. The molecule has 4 aromatic rings. The number of nitrogens with one attached hydrogen (secondary N) is 1. The average molecular weight is 397 g/mol. The van der Waals surface area contributed by atoms with E-state index in [9.17, 15) is 4.79 Å². The van der Waals surface area contributed by atoms with E-state index in [-0.39, 0.29) is 11.7 Å². The van der Waals surface area contributed by atoms with E-state index in [1.54, 1.807) is 23.0 Å². The Morgan fingerprint density at radius 1 is 1.15 bits per heavy atom. The summed E-state index contributed by atoms with van der Waals surface area (Å²) in [6.07, 6.45) is 1.72. The predicted molar refractivity (Wildman–Crippen MR) is 105 cm³/mol. The van der Waals surface area contributed by atoms with E-state index in [0.717, 1.165) is 22.3 Å². The molecule has 0 aliphatic rings. The van der Waals surface area contributed by atoms with Crippen LogP contribution in [-0.2, 0) is 4.79 Å². The number of halogens is 1. The molecule has 7 nitrogen and oxygen atoms in total. The van der Waals surface area contributed by atoms with E-state index >= 15 is 0 Å². The molecule has 134 valence electrons. The number of amides is 1. The number of carbonyl (C=O) groups is 1. The molecule has 27 heavy (non-hydrogen) atoms. The van der Waals surface area contributed by atoms with Crippen molar-refractivity contribution in [3.05, 3.63) is 65.8 Å². The highest BCUT2D eigenvalue weighted by atomic mass is 35.5. The second-order valence-corrected chi connectivity index (χ2v) is 6.94. The minimum atomic E-state index is -0.156. The molecule has 0 aliphatic heterocycles. The van der Waals surface area contributed by atoms with Crippen LogP contribution in [0, 0.1) is 0 Å². The molecule has 0 bridgehead atoms. The largest absolute Gasteiger partial charge is 0.325 e. The zero-order chi connectivity index (χ0) is 18.6. The smallest absolute Gasteiger partial charge is 0.234 e. The van der Waals surface area contributed by atoms with Crippen LogP contribution >= 0.6 is 23.4 Å². The Kier molecular flexibility index (Phi) is 4.99. The van der Waals surface area contributed by atoms with Crippen LogP contribution < -0.4 is 5.32 Å². The van der Waals surface area contributed by atoms with Crippen molar-refractivity contribution in [1.82, 2.24) is 25.2 Å². The van der Waals surface area contributed by atoms with Gasteiger partial charge in [-0.05, 0) is 52.9 Å². The van der Waals surface area contributed by atoms with E-state index < -0.39 is 0 Å². The number of benzene rings is 2. The number of pyridine rings is 1. The summed E-state index contributed by atoms with van der Waals surface area (Å²) in [4.78, 5) is 16.7. The zero-order valence-corrected chi connectivity index (χ0v) is 15.5. The average Bonchev–Trinajstić information content (AvgIpc) is 3.15. The molecule has 2 heterocycles. The molecule has 1 amide bonds. The van der Waals surface area contributed by atoms with Crippen molar-refractivity contribution in [2.75, 3.05) is 11.1 Å². The third-order valence-electron chi connectivity index (χ3n) is 3.75. The van der Waals surface area contributed by atoms with Gasteiger partial charge >= 0.3 is 0 Å². The lowest BCUT2D eigenvalue weighted by atomic mass is 10.2. The summed E-state index contributed by atoms with van der Waals surface area (Å²) in [5.74, 6) is 0.00872. The number of thioether (sulfide) groups is 1. The first-order valence-electron chi connectivity index (χ1n) is 8.01. The van der Waals surface area contributed by atoms with Gasteiger partial charge in [-0.25, -0.2) is 0 Å². The summed E-state index contributed by atoms with van der Waals surface area (Å²) >= 11 is 7.26. The lowest BCUT2D eigenvalue weighted by Gasteiger charge is -2.08. The molecule has 0 fully saturated rings. The molecule has 2 aromatic carbocycles. The van der Waals surface area contributed by atoms with Crippen molar-refractivity contribution in [2.24, 2.45) is 0 Å². The quantitative estimate of drug-likeness (QED) is 0.519. The van der Waals surface area contributed by atoms with Crippen molar-refractivity contribution in [3.63, 3.8) is 0 Å². The Bertz CT molecular complexity index is 1110. The fourth-order valence-corrected chi connectivity index (χ4v) is 3.44. The second kappa shape index (κ2) is 7.73. The number of hydrogen-bond donors (Lipinski definition) is 1. The van der Waals surface area contributed by atoms with Gasteiger partial charge in [0.05, 0.1) is 22.6 Å². The number of aromatic nitrogens is 5. The van der Waals surface area contributed by atoms with Gasteiger partial charge in [0.15, 0.2) is 0 Å². The van der Waals surface area contributed by atoms with Gasteiger partial charge in [0.1, 0.15) is 0 Å². The standard InChI is InChI=1S/C18H13ClN6OS/c19-12-4-1-5-13(10-12)25-18(22-23-24-25)27-11-17(26)21-16-8-2-7-15-14(16)6-3-9-20-15/h1-10H,11H2,(H,21,26). The molecule has 2 aromatic heterocycles. The lowest BCUT2D eigenvalue weighted by molar-refractivity contribution is -0.113. The summed E-state index contributed by atoms with van der Waals surface area (Å²) in [7, 11) is 0. The molecular formula is C18H13ClN6OS. The van der Waals surface area contributed by atoms with Crippen LogP contribution in [0.1, 0.15) is 0 Å². The van der Waals surface area contributed by atoms with E-state index in [4.69, 9.17) is 11.6 Å². The Morgan fingerprint density at radius 3 is 2.93 bits per heavy atom. The van der Waals surface area contributed by atoms with Crippen molar-refractivity contribution in [3.8, 4) is 5.69 Å². The molecule has 0 spiro atoms. The van der Waals surface area contributed by atoms with Crippen molar-refractivity contribution in [2.45, 2.75) is 5.16 Å². The van der Waals surface area contributed by atoms with Crippen LogP contribution in [0.2, 0.25) is 5.02 Å². The Morgan fingerprint density at radius 2 is 2.04 bits per heavy atom. The number of hydrogen-bond acceptors (Lipinski definition) is 6. The van der Waals surface area contributed by atoms with E-state index in [0.29, 0.717) is 10.2 Å². The SMILES string of the molecule is O=C(CSc1nnnn1-c1cccc(Cl)c1)Nc1cccc2ncccc12.